The van der Waals surface area contributed by atoms with Gasteiger partial charge in [0.25, 0.3) is 5.91 Å². The van der Waals surface area contributed by atoms with Crippen molar-refractivity contribution in [1.29, 1.82) is 0 Å². The van der Waals surface area contributed by atoms with Gasteiger partial charge in [-0.1, -0.05) is 48.5 Å². The Hall–Kier alpha value is -4.02. The number of benzene rings is 2. The van der Waals surface area contributed by atoms with Crippen molar-refractivity contribution < 1.29 is 18.7 Å². The van der Waals surface area contributed by atoms with Crippen LogP contribution < -0.4 is 16.4 Å². The number of ether oxygens (including phenoxy) is 1. The number of nitrogens with zero attached hydrogens (tertiary/aromatic N) is 3. The van der Waals surface area contributed by atoms with Crippen LogP contribution in [0.4, 0.5) is 20.6 Å². The van der Waals surface area contributed by atoms with Crippen molar-refractivity contribution in [3.63, 3.8) is 0 Å². The van der Waals surface area contributed by atoms with Crippen molar-refractivity contribution in [3.05, 3.63) is 89.7 Å². The molecule has 3 amide bonds. The summed E-state index contributed by atoms with van der Waals surface area (Å²) in [5.74, 6) is -0.388. The Balaban J connectivity index is 1.37. The Bertz CT molecular complexity index is 1210. The molecule has 2 aromatic carbocycles. The zero-order valence-corrected chi connectivity index (χ0v) is 21.9. The number of pyridine rings is 1. The number of carbonyl (C=O) groups is 2. The van der Waals surface area contributed by atoms with Crippen LogP contribution in [-0.2, 0) is 17.7 Å². The monoisotopic (exact) mass is 534 g/mol. The number of alkyl halides is 1. The summed E-state index contributed by atoms with van der Waals surface area (Å²) in [5.41, 5.74) is 8.62. The van der Waals surface area contributed by atoms with Crippen LogP contribution in [0.15, 0.2) is 72.9 Å². The van der Waals surface area contributed by atoms with Crippen LogP contribution in [-0.4, -0.2) is 72.4 Å². The Morgan fingerprint density at radius 2 is 1.77 bits per heavy atom. The number of rotatable bonds is 11. The summed E-state index contributed by atoms with van der Waals surface area (Å²) in [4.78, 5) is 33.9. The fourth-order valence-corrected chi connectivity index (χ4v) is 4.33. The lowest BCUT2D eigenvalue weighted by Crippen LogP contribution is -2.45. The molecule has 1 atom stereocenters. The molecule has 0 saturated carbocycles. The molecule has 4 N–H and O–H groups in total. The van der Waals surface area contributed by atoms with Gasteiger partial charge in [-0.05, 0) is 35.7 Å². The normalized spacial score (nSPS) is 14.4. The number of para-hydroxylation sites is 2. The topological polar surface area (TPSA) is 113 Å². The highest BCUT2D eigenvalue weighted by Gasteiger charge is 2.20. The number of aromatic nitrogens is 1. The van der Waals surface area contributed by atoms with E-state index in [4.69, 9.17) is 10.5 Å². The Labute approximate surface area is 228 Å². The largest absolute Gasteiger partial charge is 0.397 e. The minimum atomic E-state index is -1.52. The molecule has 1 fully saturated rings. The second kappa shape index (κ2) is 14.2. The predicted octanol–water partition coefficient (Wildman–Crippen LogP) is 3.69. The van der Waals surface area contributed by atoms with Crippen molar-refractivity contribution in [1.82, 2.24) is 20.1 Å². The smallest absolute Gasteiger partial charge is 0.319 e. The van der Waals surface area contributed by atoms with Gasteiger partial charge >= 0.3 is 6.03 Å². The summed E-state index contributed by atoms with van der Waals surface area (Å²) in [6.45, 7) is 4.61. The second-order valence-corrected chi connectivity index (χ2v) is 9.43. The van der Waals surface area contributed by atoms with E-state index in [0.29, 0.717) is 31.1 Å². The summed E-state index contributed by atoms with van der Waals surface area (Å²) in [6, 6.07) is 19.0. The molecule has 0 bridgehead atoms. The van der Waals surface area contributed by atoms with Gasteiger partial charge in [0, 0.05) is 45.3 Å². The average Bonchev–Trinajstić information content (AvgIpc) is 2.95. The number of halogens is 1. The molecule has 39 heavy (non-hydrogen) atoms. The number of hydrogen-bond donors (Lipinski definition) is 3. The molecule has 1 saturated heterocycles. The zero-order chi connectivity index (χ0) is 27.5. The maximum atomic E-state index is 14.8. The first kappa shape index (κ1) is 28.0. The fourth-order valence-electron chi connectivity index (χ4n) is 4.33. The molecular weight excluding hydrogens is 499 g/mol. The van der Waals surface area contributed by atoms with Gasteiger partial charge < -0.3 is 26.0 Å². The molecule has 2 heterocycles. The quantitative estimate of drug-likeness (QED) is 0.256. The van der Waals surface area contributed by atoms with Gasteiger partial charge in [0.05, 0.1) is 24.6 Å². The summed E-state index contributed by atoms with van der Waals surface area (Å²) in [6.07, 6.45) is 0.861. The highest BCUT2D eigenvalue weighted by Crippen LogP contribution is 2.18. The number of carbonyl (C=O) groups excluding carboxylic acids is 2. The summed E-state index contributed by atoms with van der Waals surface area (Å²) in [5, 5.41) is 5.24. The minimum Gasteiger partial charge on any atom is -0.397 e. The lowest BCUT2D eigenvalue weighted by Gasteiger charge is -2.29. The van der Waals surface area contributed by atoms with Crippen molar-refractivity contribution in [2.24, 2.45) is 0 Å². The lowest BCUT2D eigenvalue weighted by molar-refractivity contribution is 0.0364. The molecule has 0 aliphatic carbocycles. The number of amides is 3. The zero-order valence-electron chi connectivity index (χ0n) is 21.9. The first-order chi connectivity index (χ1) is 19.0. The number of nitrogens with two attached hydrogens (primary N) is 1. The molecule has 3 aromatic rings. The van der Waals surface area contributed by atoms with Crippen molar-refractivity contribution >= 4 is 23.3 Å². The molecule has 0 radical (unpaired) electrons. The number of morpholine rings is 1. The number of hydrogen-bond acceptors (Lipinski definition) is 6. The molecule has 1 aliphatic rings. The highest BCUT2D eigenvalue weighted by atomic mass is 19.1. The molecule has 206 valence electrons. The van der Waals surface area contributed by atoms with E-state index in [0.717, 1.165) is 37.2 Å². The van der Waals surface area contributed by atoms with Gasteiger partial charge in [-0.25, -0.2) is 9.18 Å². The second-order valence-electron chi connectivity index (χ2n) is 9.43. The Morgan fingerprint density at radius 1 is 1.03 bits per heavy atom. The van der Waals surface area contributed by atoms with Gasteiger partial charge in [-0.15, -0.1) is 0 Å². The summed E-state index contributed by atoms with van der Waals surface area (Å²) in [7, 11) is 0. The SMILES string of the molecule is Nc1ccccc1NC(=O)c1ccc(CN(CCCN2CCOCC2)C(=O)NC(F)Cc2ccccc2)cn1. The molecule has 4 rings (SSSR count). The van der Waals surface area contributed by atoms with Crippen molar-refractivity contribution in [2.45, 2.75) is 25.7 Å². The molecular formula is C29H35FN6O3. The first-order valence-electron chi connectivity index (χ1n) is 13.1. The number of nitrogen functional groups attached to an aromatic ring is 1. The third kappa shape index (κ3) is 8.76. The van der Waals surface area contributed by atoms with E-state index in [-0.39, 0.29) is 24.6 Å². The van der Waals surface area contributed by atoms with Gasteiger partial charge in [0.15, 0.2) is 6.30 Å². The Kier molecular flexibility index (Phi) is 10.2. The molecule has 1 aliphatic heterocycles. The van der Waals surface area contributed by atoms with Gasteiger partial charge in [0.1, 0.15) is 5.69 Å². The van der Waals surface area contributed by atoms with E-state index in [1.165, 1.54) is 0 Å². The van der Waals surface area contributed by atoms with E-state index >= 15 is 0 Å². The molecule has 0 spiro atoms. The van der Waals surface area contributed by atoms with Crippen LogP contribution in [0.1, 0.15) is 28.0 Å². The van der Waals surface area contributed by atoms with Crippen LogP contribution in [0.3, 0.4) is 0 Å². The van der Waals surface area contributed by atoms with Crippen LogP contribution >= 0.6 is 0 Å². The minimum absolute atomic E-state index is 0.0888. The maximum absolute atomic E-state index is 14.8. The molecule has 10 heteroatoms. The van der Waals surface area contributed by atoms with E-state index in [9.17, 15) is 14.0 Å². The van der Waals surface area contributed by atoms with E-state index in [1.54, 1.807) is 47.5 Å². The van der Waals surface area contributed by atoms with Crippen LogP contribution in [0, 0.1) is 0 Å². The highest BCUT2D eigenvalue weighted by molar-refractivity contribution is 6.04. The van der Waals surface area contributed by atoms with Crippen molar-refractivity contribution in [3.8, 4) is 0 Å². The number of nitrogens with one attached hydrogen (secondary N) is 2. The standard InChI is InChI=1S/C29H35FN6O3/c30-27(19-22-7-2-1-3-8-22)34-29(38)36(14-6-13-35-15-17-39-18-16-35)21-23-11-12-26(32-20-23)28(37)33-25-10-5-4-9-24(25)31/h1-5,7-12,20,27H,6,13-19,21,31H2,(H,33,37)(H,34,38). The Morgan fingerprint density at radius 3 is 2.49 bits per heavy atom. The number of urea groups is 1. The maximum Gasteiger partial charge on any atom is 0.319 e. The number of anilines is 2. The van der Waals surface area contributed by atoms with E-state index in [1.807, 2.05) is 30.3 Å². The average molecular weight is 535 g/mol. The fraction of sp³-hybridized carbons (Fsp3) is 0.345. The third-order valence-electron chi connectivity index (χ3n) is 6.47. The third-order valence-corrected chi connectivity index (χ3v) is 6.47. The van der Waals surface area contributed by atoms with E-state index in [2.05, 4.69) is 20.5 Å². The summed E-state index contributed by atoms with van der Waals surface area (Å²) >= 11 is 0. The predicted molar refractivity (Wildman–Crippen MR) is 149 cm³/mol. The molecule has 1 unspecified atom stereocenters. The van der Waals surface area contributed by atoms with Crippen LogP contribution in [0.25, 0.3) is 0 Å². The van der Waals surface area contributed by atoms with Gasteiger partial charge in [0.2, 0.25) is 0 Å². The molecule has 9 nitrogen and oxygen atoms in total. The molecule has 1 aromatic heterocycles. The summed E-state index contributed by atoms with van der Waals surface area (Å²) < 4.78 is 20.2. The van der Waals surface area contributed by atoms with Gasteiger partial charge in [-0.2, -0.15) is 0 Å². The lowest BCUT2D eigenvalue weighted by atomic mass is 10.1. The first-order valence-corrected chi connectivity index (χ1v) is 13.1. The van der Waals surface area contributed by atoms with E-state index < -0.39 is 12.3 Å². The van der Waals surface area contributed by atoms with Crippen LogP contribution in [0.5, 0.6) is 0 Å². The van der Waals surface area contributed by atoms with Crippen LogP contribution in [0.2, 0.25) is 0 Å². The van der Waals surface area contributed by atoms with Gasteiger partial charge in [-0.3, -0.25) is 14.7 Å². The van der Waals surface area contributed by atoms with Crippen molar-refractivity contribution in [2.75, 3.05) is 50.4 Å².